The molecule has 0 aliphatic rings. The molecule has 1 N–H and O–H groups in total. The van der Waals surface area contributed by atoms with Crippen molar-refractivity contribution in [1.29, 1.82) is 0 Å². The lowest BCUT2D eigenvalue weighted by atomic mass is 10.1. The van der Waals surface area contributed by atoms with Crippen molar-refractivity contribution < 1.29 is 19.2 Å². The topological polar surface area (TPSA) is 67.9 Å². The molecule has 17 heavy (non-hydrogen) atoms. The van der Waals surface area contributed by atoms with Gasteiger partial charge in [-0.05, 0) is 12.8 Å². The van der Waals surface area contributed by atoms with Gasteiger partial charge in [0.2, 0.25) is 5.91 Å². The summed E-state index contributed by atoms with van der Waals surface area (Å²) in [4.78, 5) is 26.8. The second kappa shape index (κ2) is 9.89. The number of carbonyl (C=O) groups is 2. The Morgan fingerprint density at radius 2 is 1.82 bits per heavy atom. The van der Waals surface area contributed by atoms with E-state index in [0.717, 1.165) is 25.7 Å². The van der Waals surface area contributed by atoms with Gasteiger partial charge in [0, 0.05) is 20.5 Å². The van der Waals surface area contributed by atoms with Gasteiger partial charge in [-0.25, -0.2) is 9.86 Å². The fourth-order valence-electron chi connectivity index (χ4n) is 1.23. The average molecular weight is 246 g/mol. The van der Waals surface area contributed by atoms with Crippen LogP contribution in [0.5, 0.6) is 0 Å². The molecule has 0 aromatic carbocycles. The Balaban J connectivity index is 3.29. The number of unbranched alkanes of at least 4 members (excludes halogenated alkanes) is 3. The average Bonchev–Trinajstić information content (AvgIpc) is 2.35. The minimum absolute atomic E-state index is 0.0193. The van der Waals surface area contributed by atoms with E-state index < -0.39 is 6.09 Å². The molecule has 0 aromatic rings. The largest absolute Gasteiger partial charge is 0.450 e. The van der Waals surface area contributed by atoms with Crippen LogP contribution in [0.15, 0.2) is 0 Å². The molecule has 0 saturated carbocycles. The monoisotopic (exact) mass is 246 g/mol. The Kier molecular flexibility index (Phi) is 9.14. The van der Waals surface area contributed by atoms with E-state index in [4.69, 9.17) is 9.57 Å². The summed E-state index contributed by atoms with van der Waals surface area (Å²) in [5.74, 6) is -0.0193. The molecule has 0 bridgehead atoms. The van der Waals surface area contributed by atoms with Gasteiger partial charge in [-0.2, -0.15) is 0 Å². The van der Waals surface area contributed by atoms with Crippen LogP contribution in [0, 0.1) is 0 Å². The molecule has 0 atom stereocenters. The van der Waals surface area contributed by atoms with Crippen LogP contribution in [0.3, 0.4) is 0 Å². The molecular weight excluding hydrogens is 224 g/mol. The fourth-order valence-corrected chi connectivity index (χ4v) is 1.23. The molecule has 0 spiro atoms. The molecule has 2 amide bonds. The molecule has 0 aromatic heterocycles. The van der Waals surface area contributed by atoms with Crippen molar-refractivity contribution in [2.24, 2.45) is 0 Å². The molecular formula is C11H22N2O4. The molecule has 0 aliphatic carbocycles. The lowest BCUT2D eigenvalue weighted by Crippen LogP contribution is -2.24. The minimum atomic E-state index is -0.401. The van der Waals surface area contributed by atoms with Gasteiger partial charge in [-0.3, -0.25) is 9.63 Å². The first-order valence-electron chi connectivity index (χ1n) is 5.77. The normalized spacial score (nSPS) is 9.82. The molecule has 6 nitrogen and oxygen atoms in total. The van der Waals surface area contributed by atoms with Crippen molar-refractivity contribution in [3.8, 4) is 0 Å². The highest BCUT2D eigenvalue weighted by atomic mass is 16.7. The van der Waals surface area contributed by atoms with E-state index >= 15 is 0 Å². The van der Waals surface area contributed by atoms with Crippen molar-refractivity contribution >= 4 is 12.0 Å². The van der Waals surface area contributed by atoms with Gasteiger partial charge in [0.05, 0.1) is 13.7 Å². The van der Waals surface area contributed by atoms with Crippen LogP contribution in [-0.2, 0) is 14.4 Å². The summed E-state index contributed by atoms with van der Waals surface area (Å²) in [5.41, 5.74) is 0. The lowest BCUT2D eigenvalue weighted by Gasteiger charge is -2.13. The Labute approximate surface area is 102 Å². The van der Waals surface area contributed by atoms with Crippen molar-refractivity contribution in [2.75, 3.05) is 27.8 Å². The molecule has 0 heterocycles. The van der Waals surface area contributed by atoms with Gasteiger partial charge < -0.3 is 10.1 Å². The molecule has 0 rings (SSSR count). The fraction of sp³-hybridized carbons (Fsp3) is 0.818. The van der Waals surface area contributed by atoms with Crippen LogP contribution in [-0.4, -0.2) is 44.9 Å². The second-order valence-electron chi connectivity index (χ2n) is 3.62. The van der Waals surface area contributed by atoms with Crippen LogP contribution < -0.4 is 5.32 Å². The molecule has 0 unspecified atom stereocenters. The second-order valence-corrected chi connectivity index (χ2v) is 3.62. The van der Waals surface area contributed by atoms with Gasteiger partial charge in [0.15, 0.2) is 0 Å². The SMILES string of the molecule is CNC(=O)OCCCCCCC(=O)N(C)OC. The van der Waals surface area contributed by atoms with Crippen molar-refractivity contribution in [3.63, 3.8) is 0 Å². The van der Waals surface area contributed by atoms with Crippen molar-refractivity contribution in [1.82, 2.24) is 10.4 Å². The molecule has 6 heteroatoms. The van der Waals surface area contributed by atoms with E-state index in [1.165, 1.54) is 19.2 Å². The van der Waals surface area contributed by atoms with Gasteiger partial charge in [0.25, 0.3) is 0 Å². The Morgan fingerprint density at radius 1 is 1.18 bits per heavy atom. The van der Waals surface area contributed by atoms with Crippen LogP contribution in [0.25, 0.3) is 0 Å². The number of nitrogens with one attached hydrogen (secondary N) is 1. The van der Waals surface area contributed by atoms with E-state index in [2.05, 4.69) is 5.32 Å². The number of ether oxygens (including phenoxy) is 1. The highest BCUT2D eigenvalue weighted by molar-refractivity contribution is 5.74. The van der Waals surface area contributed by atoms with Gasteiger partial charge in [-0.1, -0.05) is 12.8 Å². The third-order valence-electron chi connectivity index (χ3n) is 2.35. The van der Waals surface area contributed by atoms with E-state index in [1.807, 2.05) is 0 Å². The van der Waals surface area contributed by atoms with E-state index in [-0.39, 0.29) is 5.91 Å². The molecule has 0 fully saturated rings. The zero-order chi connectivity index (χ0) is 13.1. The summed E-state index contributed by atoms with van der Waals surface area (Å²) in [6.45, 7) is 0.422. The van der Waals surface area contributed by atoms with Gasteiger partial charge >= 0.3 is 6.09 Å². The smallest absolute Gasteiger partial charge is 0.406 e. The predicted molar refractivity (Wildman–Crippen MR) is 63.3 cm³/mol. The van der Waals surface area contributed by atoms with E-state index in [9.17, 15) is 9.59 Å². The van der Waals surface area contributed by atoms with Crippen LogP contribution >= 0.6 is 0 Å². The van der Waals surface area contributed by atoms with Crippen LogP contribution in [0.4, 0.5) is 4.79 Å². The Morgan fingerprint density at radius 3 is 2.41 bits per heavy atom. The van der Waals surface area contributed by atoms with E-state index in [1.54, 1.807) is 7.05 Å². The summed E-state index contributed by atoms with van der Waals surface area (Å²) >= 11 is 0. The maximum absolute atomic E-state index is 11.3. The number of nitrogens with zero attached hydrogens (tertiary/aromatic N) is 1. The zero-order valence-corrected chi connectivity index (χ0v) is 10.8. The number of amides is 2. The van der Waals surface area contributed by atoms with Gasteiger partial charge in [-0.15, -0.1) is 0 Å². The number of alkyl carbamates (subject to hydrolysis) is 1. The first-order valence-corrected chi connectivity index (χ1v) is 5.77. The summed E-state index contributed by atoms with van der Waals surface area (Å²) in [6.07, 6.45) is 3.62. The minimum Gasteiger partial charge on any atom is -0.450 e. The summed E-state index contributed by atoms with van der Waals surface area (Å²) in [6, 6.07) is 0. The number of hydrogen-bond acceptors (Lipinski definition) is 4. The number of rotatable bonds is 8. The number of hydrogen-bond donors (Lipinski definition) is 1. The highest BCUT2D eigenvalue weighted by Crippen LogP contribution is 2.05. The van der Waals surface area contributed by atoms with Crippen molar-refractivity contribution in [3.05, 3.63) is 0 Å². The first-order chi connectivity index (χ1) is 8.11. The quantitative estimate of drug-likeness (QED) is 0.518. The van der Waals surface area contributed by atoms with Crippen molar-refractivity contribution in [2.45, 2.75) is 32.1 Å². The lowest BCUT2D eigenvalue weighted by molar-refractivity contribution is -0.168. The molecule has 0 saturated heterocycles. The first kappa shape index (κ1) is 15.7. The third kappa shape index (κ3) is 8.50. The molecule has 0 aliphatic heterocycles. The number of carbonyl (C=O) groups excluding carboxylic acids is 2. The maximum atomic E-state index is 11.3. The summed E-state index contributed by atoms with van der Waals surface area (Å²) in [5, 5.41) is 3.61. The van der Waals surface area contributed by atoms with E-state index in [0.29, 0.717) is 13.0 Å². The summed E-state index contributed by atoms with van der Waals surface area (Å²) < 4.78 is 4.83. The highest BCUT2D eigenvalue weighted by Gasteiger charge is 2.06. The van der Waals surface area contributed by atoms with Crippen LogP contribution in [0.1, 0.15) is 32.1 Å². The third-order valence-corrected chi connectivity index (χ3v) is 2.35. The summed E-state index contributed by atoms with van der Waals surface area (Å²) in [7, 11) is 4.59. The standard InChI is InChI=1S/C11H22N2O4/c1-12-11(15)17-9-7-5-4-6-8-10(14)13(2)16-3/h4-9H2,1-3H3,(H,12,15). The molecule has 0 radical (unpaired) electrons. The van der Waals surface area contributed by atoms with Crippen LogP contribution in [0.2, 0.25) is 0 Å². The molecule has 100 valence electrons. The number of hydroxylamine groups is 2. The Hall–Kier alpha value is -1.30. The Bertz CT molecular complexity index is 234. The zero-order valence-electron chi connectivity index (χ0n) is 10.8. The maximum Gasteiger partial charge on any atom is 0.406 e. The predicted octanol–water partition coefficient (Wildman–Crippen LogP) is 1.31. The van der Waals surface area contributed by atoms with Gasteiger partial charge in [0.1, 0.15) is 0 Å².